The molecule has 10 heteroatoms. The van der Waals surface area contributed by atoms with Gasteiger partial charge in [-0.3, -0.25) is 18.6 Å². The van der Waals surface area contributed by atoms with Crippen LogP contribution in [0.15, 0.2) is 85.1 Å². The molecule has 0 amide bonds. The summed E-state index contributed by atoms with van der Waals surface area (Å²) in [6, 6.07) is 0. The molecule has 9 nitrogen and oxygen atoms in total. The summed E-state index contributed by atoms with van der Waals surface area (Å²) < 4.78 is 33.9. The van der Waals surface area contributed by atoms with Crippen LogP contribution in [0, 0.1) is 0 Å². The van der Waals surface area contributed by atoms with Crippen LogP contribution in [0.5, 0.6) is 0 Å². The van der Waals surface area contributed by atoms with Crippen molar-refractivity contribution < 1.29 is 42.1 Å². The number of unbranched alkanes of at least 4 members (excludes halogenated alkanes) is 5. The predicted molar refractivity (Wildman–Crippen MR) is 215 cm³/mol. The zero-order valence-electron chi connectivity index (χ0n) is 33.0. The van der Waals surface area contributed by atoms with Crippen LogP contribution in [0.25, 0.3) is 0 Å². The Hall–Kier alpha value is -2.81. The zero-order chi connectivity index (χ0) is 38.6. The van der Waals surface area contributed by atoms with Gasteiger partial charge in [0.15, 0.2) is 6.10 Å². The van der Waals surface area contributed by atoms with Crippen molar-refractivity contribution in [3.05, 3.63) is 85.1 Å². The zero-order valence-corrected chi connectivity index (χ0v) is 33.9. The lowest BCUT2D eigenvalue weighted by Gasteiger charge is -2.24. The minimum absolute atomic E-state index is 0.0162. The Morgan fingerprint density at radius 3 is 1.60 bits per heavy atom. The van der Waals surface area contributed by atoms with Gasteiger partial charge >= 0.3 is 19.8 Å². The second-order valence-corrected chi connectivity index (χ2v) is 15.0. The van der Waals surface area contributed by atoms with E-state index in [0.29, 0.717) is 23.9 Å². The molecular weight excluding hydrogens is 677 g/mol. The molecule has 2 unspecified atom stereocenters. The van der Waals surface area contributed by atoms with Gasteiger partial charge in [0.2, 0.25) is 0 Å². The molecule has 0 rings (SSSR count). The van der Waals surface area contributed by atoms with E-state index in [1.165, 1.54) is 0 Å². The molecule has 0 aliphatic carbocycles. The molecule has 0 aliphatic heterocycles. The van der Waals surface area contributed by atoms with Crippen LogP contribution in [0.4, 0.5) is 0 Å². The highest BCUT2D eigenvalue weighted by Crippen LogP contribution is 2.43. The number of hydrogen-bond acceptors (Lipinski definition) is 7. The van der Waals surface area contributed by atoms with Gasteiger partial charge in [0, 0.05) is 12.8 Å². The number of allylic oxidation sites excluding steroid dienone is 14. The second kappa shape index (κ2) is 34.0. The first-order valence-electron chi connectivity index (χ1n) is 19.3. The molecule has 0 aromatic rings. The summed E-state index contributed by atoms with van der Waals surface area (Å²) in [7, 11) is 1.42. The molecule has 0 radical (unpaired) electrons. The number of carbonyl (C=O) groups is 2. The summed E-state index contributed by atoms with van der Waals surface area (Å²) >= 11 is 0. The van der Waals surface area contributed by atoms with E-state index in [0.717, 1.165) is 77.0 Å². The second-order valence-electron chi connectivity index (χ2n) is 13.6. The number of hydrogen-bond donors (Lipinski definition) is 1. The molecule has 0 aliphatic rings. The van der Waals surface area contributed by atoms with Crippen LogP contribution in [-0.2, 0) is 32.7 Å². The van der Waals surface area contributed by atoms with Gasteiger partial charge in [0.1, 0.15) is 19.8 Å². The van der Waals surface area contributed by atoms with E-state index < -0.39 is 32.5 Å². The van der Waals surface area contributed by atoms with E-state index in [2.05, 4.69) is 92.8 Å². The highest BCUT2D eigenvalue weighted by atomic mass is 31.2. The molecule has 0 aromatic heterocycles. The molecule has 1 N–H and O–H groups in total. The van der Waals surface area contributed by atoms with Gasteiger partial charge in [0.05, 0.1) is 27.7 Å². The van der Waals surface area contributed by atoms with E-state index in [4.69, 9.17) is 18.5 Å². The fraction of sp³-hybridized carbons (Fsp3) is 0.619. The van der Waals surface area contributed by atoms with Gasteiger partial charge in [-0.1, -0.05) is 125 Å². The average Bonchev–Trinajstić information content (AvgIpc) is 3.09. The summed E-state index contributed by atoms with van der Waals surface area (Å²) in [6.07, 6.45) is 42.6. The molecule has 296 valence electrons. The minimum Gasteiger partial charge on any atom is -0.462 e. The van der Waals surface area contributed by atoms with Crippen molar-refractivity contribution in [3.8, 4) is 0 Å². The highest BCUT2D eigenvalue weighted by Gasteiger charge is 2.27. The number of rotatable bonds is 33. The van der Waals surface area contributed by atoms with Crippen LogP contribution in [-0.4, -0.2) is 74.9 Å². The highest BCUT2D eigenvalue weighted by molar-refractivity contribution is 7.47. The molecule has 0 saturated carbocycles. The maximum atomic E-state index is 12.6. The fourth-order valence-corrected chi connectivity index (χ4v) is 5.15. The fourth-order valence-electron chi connectivity index (χ4n) is 4.41. The molecule has 0 fully saturated rings. The molecule has 0 aromatic carbocycles. The van der Waals surface area contributed by atoms with Gasteiger partial charge in [-0.25, -0.2) is 4.57 Å². The van der Waals surface area contributed by atoms with Crippen molar-refractivity contribution in [2.75, 3.05) is 47.5 Å². The van der Waals surface area contributed by atoms with Crippen molar-refractivity contribution in [2.45, 2.75) is 123 Å². The Bertz CT molecular complexity index is 1160. The summed E-state index contributed by atoms with van der Waals surface area (Å²) in [5.41, 5.74) is 0. The maximum absolute atomic E-state index is 12.6. The lowest BCUT2D eigenvalue weighted by molar-refractivity contribution is -0.870. The minimum atomic E-state index is -4.38. The number of ether oxygens (including phenoxy) is 2. The molecule has 0 heterocycles. The third kappa shape index (κ3) is 37.0. The summed E-state index contributed by atoms with van der Waals surface area (Å²) in [6.45, 7) is 4.10. The number of phosphoric acid groups is 1. The average molecular weight is 749 g/mol. The number of quaternary nitrogens is 1. The van der Waals surface area contributed by atoms with Crippen LogP contribution in [0.2, 0.25) is 0 Å². The van der Waals surface area contributed by atoms with Crippen molar-refractivity contribution in [2.24, 2.45) is 0 Å². The molecule has 0 spiro atoms. The van der Waals surface area contributed by atoms with Crippen molar-refractivity contribution in [1.82, 2.24) is 0 Å². The van der Waals surface area contributed by atoms with Crippen LogP contribution in [0.1, 0.15) is 117 Å². The number of nitrogens with zero attached hydrogens (tertiary/aromatic N) is 1. The third-order valence-corrected chi connectivity index (χ3v) is 8.42. The standard InChI is InChI=1S/C42H70NO8P/c1-6-8-10-12-13-14-15-16-17-18-19-20-21-22-23-24-25-26-27-28-29-31-33-35-42(45)51-40(38-48-41(44)34-32-30-11-9-7-2)39-50-52(46,47)49-37-36-43(3,4)5/h8,10,13-14,16-17,19-20,22-23,25-26,28-29,40H,6-7,9,11-12,15,18,21,24,27,30-39H2,1-5H3/p+1/b10-8-,14-13-,17-16-,20-19-,23-22-,26-25-,29-28-. The summed E-state index contributed by atoms with van der Waals surface area (Å²) in [5.74, 6) is -0.894. The topological polar surface area (TPSA) is 108 Å². The van der Waals surface area contributed by atoms with E-state index in [1.807, 2.05) is 27.2 Å². The van der Waals surface area contributed by atoms with Gasteiger partial charge < -0.3 is 18.9 Å². The van der Waals surface area contributed by atoms with Crippen molar-refractivity contribution in [3.63, 3.8) is 0 Å². The van der Waals surface area contributed by atoms with Crippen molar-refractivity contribution >= 4 is 19.8 Å². The predicted octanol–water partition coefficient (Wildman–Crippen LogP) is 10.5. The number of carbonyl (C=O) groups excluding carboxylic acids is 2. The Balaban J connectivity index is 4.40. The maximum Gasteiger partial charge on any atom is 0.472 e. The first kappa shape index (κ1) is 49.2. The van der Waals surface area contributed by atoms with E-state index >= 15 is 0 Å². The number of esters is 2. The smallest absolute Gasteiger partial charge is 0.462 e. The Labute approximate surface area is 316 Å². The van der Waals surface area contributed by atoms with E-state index in [-0.39, 0.29) is 26.1 Å². The Kier molecular flexibility index (Phi) is 32.2. The van der Waals surface area contributed by atoms with Gasteiger partial charge in [-0.15, -0.1) is 0 Å². The first-order valence-corrected chi connectivity index (χ1v) is 20.8. The lowest BCUT2D eigenvalue weighted by atomic mass is 10.1. The quantitative estimate of drug-likeness (QED) is 0.0232. The third-order valence-electron chi connectivity index (χ3n) is 7.44. The normalized spacial score (nSPS) is 14.7. The largest absolute Gasteiger partial charge is 0.472 e. The van der Waals surface area contributed by atoms with E-state index in [9.17, 15) is 19.0 Å². The molecule has 0 saturated heterocycles. The van der Waals surface area contributed by atoms with Crippen LogP contribution >= 0.6 is 7.82 Å². The molecule has 2 atom stereocenters. The first-order chi connectivity index (χ1) is 25.0. The summed E-state index contributed by atoms with van der Waals surface area (Å²) in [5, 5.41) is 0. The van der Waals surface area contributed by atoms with Gasteiger partial charge in [0.25, 0.3) is 0 Å². The van der Waals surface area contributed by atoms with Crippen LogP contribution in [0.3, 0.4) is 0 Å². The van der Waals surface area contributed by atoms with Gasteiger partial charge in [-0.05, 0) is 64.2 Å². The molecular formula is C42H71NO8P+. The number of likely N-dealkylation sites (N-methyl/N-ethyl adjacent to an activating group) is 1. The monoisotopic (exact) mass is 748 g/mol. The summed E-state index contributed by atoms with van der Waals surface area (Å²) in [4.78, 5) is 34.9. The Morgan fingerprint density at radius 1 is 0.615 bits per heavy atom. The lowest BCUT2D eigenvalue weighted by Crippen LogP contribution is -2.37. The van der Waals surface area contributed by atoms with Gasteiger partial charge in [-0.2, -0.15) is 0 Å². The van der Waals surface area contributed by atoms with Crippen LogP contribution < -0.4 is 0 Å². The molecule has 0 bridgehead atoms. The van der Waals surface area contributed by atoms with E-state index in [1.54, 1.807) is 0 Å². The molecule has 52 heavy (non-hydrogen) atoms. The van der Waals surface area contributed by atoms with Crippen molar-refractivity contribution in [1.29, 1.82) is 0 Å². The Morgan fingerprint density at radius 2 is 1.10 bits per heavy atom. The number of phosphoric ester groups is 1. The SMILES string of the molecule is CC/C=C\C/C=C\C/C=C\C/C=C\C/C=C\C/C=C\C/C=C\CCCC(=O)OC(COC(=O)CCCCCCC)COP(=O)(O)OCC[N+](C)(C)C.